The molecule has 2 atom stereocenters. The zero-order valence-corrected chi connectivity index (χ0v) is 23.6. The number of amides is 3. The molecule has 0 aliphatic heterocycles. The maximum atomic E-state index is 13.5. The predicted molar refractivity (Wildman–Crippen MR) is 158 cm³/mol. The minimum atomic E-state index is -1.86. The fraction of sp³-hybridized carbons (Fsp3) is 0.267. The number of likely N-dealkylation sites (N-methyl/N-ethyl adjacent to an activating group) is 1. The van der Waals surface area contributed by atoms with Crippen molar-refractivity contribution in [3.63, 3.8) is 0 Å². The average molecular weight is 568 g/mol. The van der Waals surface area contributed by atoms with Crippen LogP contribution in [0.2, 0.25) is 0 Å². The van der Waals surface area contributed by atoms with Crippen LogP contribution in [-0.2, 0) is 22.4 Å². The van der Waals surface area contributed by atoms with E-state index in [0.717, 1.165) is 5.56 Å². The van der Waals surface area contributed by atoms with Gasteiger partial charge in [0.1, 0.15) is 23.4 Å². The minimum absolute atomic E-state index is 0.000225. The van der Waals surface area contributed by atoms with Crippen molar-refractivity contribution in [1.82, 2.24) is 20.6 Å². The molecular formula is C30H33BN6O5. The topological polar surface area (TPSA) is 169 Å². The molecule has 0 unspecified atom stereocenters. The minimum Gasteiger partial charge on any atom is -0.426 e. The van der Waals surface area contributed by atoms with Crippen LogP contribution in [0, 0.1) is 17.2 Å². The first-order valence-corrected chi connectivity index (χ1v) is 13.3. The first-order chi connectivity index (χ1) is 20.1. The van der Waals surface area contributed by atoms with Crippen molar-refractivity contribution in [2.45, 2.75) is 38.7 Å². The highest BCUT2D eigenvalue weighted by atomic mass is 16.4. The van der Waals surface area contributed by atoms with E-state index in [0.29, 0.717) is 11.3 Å². The molecule has 4 N–H and O–H groups in total. The summed E-state index contributed by atoms with van der Waals surface area (Å²) >= 11 is 0. The lowest BCUT2D eigenvalue weighted by atomic mass is 9.75. The molecule has 3 aromatic rings. The number of nitrogens with one attached hydrogen (secondary N) is 2. The maximum absolute atomic E-state index is 13.5. The van der Waals surface area contributed by atoms with Gasteiger partial charge < -0.3 is 25.6 Å². The highest BCUT2D eigenvalue weighted by molar-refractivity contribution is 6.43. The van der Waals surface area contributed by atoms with Gasteiger partial charge in [0.15, 0.2) is 0 Å². The molecule has 3 amide bonds. The molecule has 0 saturated carbocycles. The number of nitriles is 1. The number of aromatic nitrogens is 2. The Morgan fingerprint density at radius 2 is 1.74 bits per heavy atom. The lowest BCUT2D eigenvalue weighted by Gasteiger charge is -2.24. The van der Waals surface area contributed by atoms with E-state index in [1.54, 1.807) is 61.7 Å². The van der Waals surface area contributed by atoms with Crippen molar-refractivity contribution in [3.8, 4) is 6.07 Å². The van der Waals surface area contributed by atoms with E-state index < -0.39 is 36.8 Å². The van der Waals surface area contributed by atoms with Gasteiger partial charge in [-0.2, -0.15) is 5.26 Å². The van der Waals surface area contributed by atoms with E-state index >= 15 is 0 Å². The quantitative estimate of drug-likeness (QED) is 0.145. The molecule has 0 spiro atoms. The van der Waals surface area contributed by atoms with Crippen LogP contribution in [-0.4, -0.2) is 63.9 Å². The zero-order chi connectivity index (χ0) is 30.6. The lowest BCUT2D eigenvalue weighted by molar-refractivity contribution is -0.123. The third-order valence-electron chi connectivity index (χ3n) is 6.30. The molecule has 0 saturated heterocycles. The van der Waals surface area contributed by atoms with Gasteiger partial charge in [-0.05, 0) is 35.6 Å². The molecule has 0 fully saturated rings. The SMILES string of the molecule is CC(C)/C=C(\C#N)C(=O)N(C)c1cccc(C[C@H](NC(=O)c2cnccn2)C(=O)N[C@@H](Cc2ccccc2)B(O)O)c1. The lowest BCUT2D eigenvalue weighted by Crippen LogP contribution is -2.55. The number of nitrogens with zero attached hydrogens (tertiary/aromatic N) is 4. The van der Waals surface area contributed by atoms with E-state index in [1.807, 2.05) is 26.0 Å². The van der Waals surface area contributed by atoms with Gasteiger partial charge in [0.2, 0.25) is 5.91 Å². The van der Waals surface area contributed by atoms with Gasteiger partial charge in [0, 0.05) is 31.5 Å². The number of benzene rings is 2. The van der Waals surface area contributed by atoms with E-state index in [2.05, 4.69) is 20.6 Å². The number of hydrogen-bond acceptors (Lipinski definition) is 8. The summed E-state index contributed by atoms with van der Waals surface area (Å²) in [7, 11) is -0.314. The van der Waals surface area contributed by atoms with Crippen LogP contribution >= 0.6 is 0 Å². The van der Waals surface area contributed by atoms with Crippen molar-refractivity contribution in [3.05, 3.63) is 102 Å². The number of allylic oxidation sites excluding steroid dienone is 1. The standard InChI is InChI=1S/C30H33BN6O5/c1-20(2)14-23(18-32)30(40)37(3)24-11-7-10-22(15-24)16-25(35-29(39)26-19-33-12-13-34-26)28(38)36-27(31(41)42)17-21-8-5-4-6-9-21/h4-15,19-20,25,27,41-42H,16-17H2,1-3H3,(H,35,39)(H,36,38)/b23-14+/t25-,27-/m0/s1. The highest BCUT2D eigenvalue weighted by Crippen LogP contribution is 2.19. The summed E-state index contributed by atoms with van der Waals surface area (Å²) in [6, 6.07) is 16.6. The van der Waals surface area contributed by atoms with Gasteiger partial charge in [0.25, 0.3) is 11.8 Å². The van der Waals surface area contributed by atoms with Gasteiger partial charge in [-0.25, -0.2) is 4.98 Å². The summed E-state index contributed by atoms with van der Waals surface area (Å²) in [5.74, 6) is -2.82. The summed E-state index contributed by atoms with van der Waals surface area (Å²) in [5.41, 5.74) is 1.87. The van der Waals surface area contributed by atoms with E-state index in [9.17, 15) is 29.7 Å². The van der Waals surface area contributed by atoms with Gasteiger partial charge in [0.05, 0.1) is 12.1 Å². The van der Waals surface area contributed by atoms with Crippen molar-refractivity contribution in [1.29, 1.82) is 5.26 Å². The summed E-state index contributed by atoms with van der Waals surface area (Å²) in [5, 5.41) is 34.7. The largest absolute Gasteiger partial charge is 0.475 e. The number of hydrogen-bond donors (Lipinski definition) is 4. The van der Waals surface area contributed by atoms with E-state index in [1.165, 1.54) is 23.5 Å². The zero-order valence-electron chi connectivity index (χ0n) is 23.6. The Morgan fingerprint density at radius 1 is 1.02 bits per heavy atom. The van der Waals surface area contributed by atoms with Crippen molar-refractivity contribution in [2.75, 3.05) is 11.9 Å². The summed E-state index contributed by atoms with van der Waals surface area (Å²) < 4.78 is 0. The van der Waals surface area contributed by atoms with Crippen molar-refractivity contribution in [2.24, 2.45) is 5.92 Å². The second-order valence-corrected chi connectivity index (χ2v) is 10.0. The Kier molecular flexibility index (Phi) is 11.5. The van der Waals surface area contributed by atoms with Crippen LogP contribution in [0.3, 0.4) is 0 Å². The molecule has 11 nitrogen and oxygen atoms in total. The van der Waals surface area contributed by atoms with Gasteiger partial charge in [-0.3, -0.25) is 19.4 Å². The maximum Gasteiger partial charge on any atom is 0.475 e. The first-order valence-electron chi connectivity index (χ1n) is 13.3. The number of rotatable bonds is 12. The number of carbonyl (C=O) groups is 3. The van der Waals surface area contributed by atoms with Crippen LogP contribution in [0.25, 0.3) is 0 Å². The highest BCUT2D eigenvalue weighted by Gasteiger charge is 2.30. The first kappa shape index (κ1) is 31.7. The second-order valence-electron chi connectivity index (χ2n) is 10.0. The Labute approximate surface area is 245 Å². The van der Waals surface area contributed by atoms with Crippen LogP contribution in [0.5, 0.6) is 0 Å². The average Bonchev–Trinajstić information content (AvgIpc) is 2.99. The Balaban J connectivity index is 1.86. The van der Waals surface area contributed by atoms with Crippen LogP contribution in [0.4, 0.5) is 5.69 Å². The van der Waals surface area contributed by atoms with Crippen LogP contribution in [0.1, 0.15) is 35.5 Å². The normalized spacial score (nSPS) is 12.5. The van der Waals surface area contributed by atoms with Crippen LogP contribution < -0.4 is 15.5 Å². The van der Waals surface area contributed by atoms with E-state index in [4.69, 9.17) is 0 Å². The van der Waals surface area contributed by atoms with E-state index in [-0.39, 0.29) is 30.0 Å². The smallest absolute Gasteiger partial charge is 0.426 e. The summed E-state index contributed by atoms with van der Waals surface area (Å²) in [4.78, 5) is 48.6. The third-order valence-corrected chi connectivity index (χ3v) is 6.30. The number of carbonyl (C=O) groups excluding carboxylic acids is 3. The molecule has 1 aromatic heterocycles. The monoisotopic (exact) mass is 568 g/mol. The Bertz CT molecular complexity index is 1440. The fourth-order valence-electron chi connectivity index (χ4n) is 4.16. The van der Waals surface area contributed by atoms with Gasteiger partial charge in [-0.15, -0.1) is 0 Å². The molecule has 42 heavy (non-hydrogen) atoms. The molecule has 1 heterocycles. The molecule has 0 aliphatic rings. The molecule has 0 bridgehead atoms. The van der Waals surface area contributed by atoms with Gasteiger partial charge >= 0.3 is 7.12 Å². The summed E-state index contributed by atoms with van der Waals surface area (Å²) in [6.45, 7) is 3.73. The predicted octanol–water partition coefficient (Wildman–Crippen LogP) is 1.63. The molecule has 12 heteroatoms. The van der Waals surface area contributed by atoms with Crippen molar-refractivity contribution >= 4 is 30.5 Å². The van der Waals surface area contributed by atoms with Gasteiger partial charge in [-0.1, -0.05) is 62.4 Å². The Hall–Kier alpha value is -4.86. The molecule has 0 radical (unpaired) electrons. The second kappa shape index (κ2) is 15.2. The van der Waals surface area contributed by atoms with Crippen LogP contribution in [0.15, 0.2) is 84.8 Å². The fourth-order valence-corrected chi connectivity index (χ4v) is 4.16. The summed E-state index contributed by atoms with van der Waals surface area (Å²) in [6.07, 6.45) is 5.75. The molecule has 2 aromatic carbocycles. The molecule has 3 rings (SSSR count). The third kappa shape index (κ3) is 9.09. The van der Waals surface area contributed by atoms with Crippen molar-refractivity contribution < 1.29 is 24.4 Å². The molecular weight excluding hydrogens is 535 g/mol. The molecule has 216 valence electrons. The molecule has 0 aliphatic carbocycles. The number of anilines is 1. The Morgan fingerprint density at radius 3 is 2.36 bits per heavy atom.